The van der Waals surface area contributed by atoms with Crippen LogP contribution >= 0.6 is 0 Å². The van der Waals surface area contributed by atoms with E-state index in [0.717, 1.165) is 16.8 Å². The van der Waals surface area contributed by atoms with Crippen molar-refractivity contribution in [3.05, 3.63) is 72.1 Å². The first-order valence-electron chi connectivity index (χ1n) is 8.84. The highest BCUT2D eigenvalue weighted by Gasteiger charge is 2.23. The Labute approximate surface area is 154 Å². The third-order valence-electron chi connectivity index (χ3n) is 4.57. The number of rotatable bonds is 4. The number of amides is 2. The van der Waals surface area contributed by atoms with E-state index >= 15 is 0 Å². The average Bonchev–Trinajstić information content (AvgIpc) is 2.69. The van der Waals surface area contributed by atoms with Crippen molar-refractivity contribution >= 4 is 17.4 Å². The molecule has 26 heavy (non-hydrogen) atoms. The molecule has 0 radical (unpaired) electrons. The number of hydrogen-bond donors (Lipinski definition) is 0. The molecule has 2 amide bonds. The molecule has 5 nitrogen and oxygen atoms in total. The second-order valence-corrected chi connectivity index (χ2v) is 6.40. The van der Waals surface area contributed by atoms with Crippen LogP contribution in [0.25, 0.3) is 5.57 Å². The van der Waals surface area contributed by atoms with Crippen LogP contribution in [0.15, 0.2) is 60.8 Å². The Hall–Kier alpha value is -2.95. The van der Waals surface area contributed by atoms with Gasteiger partial charge in [0.2, 0.25) is 11.8 Å². The van der Waals surface area contributed by atoms with E-state index in [1.807, 2.05) is 60.4 Å². The Morgan fingerprint density at radius 2 is 1.62 bits per heavy atom. The number of carbonyl (C=O) groups excluding carboxylic acids is 2. The molecule has 2 aromatic rings. The highest BCUT2D eigenvalue weighted by atomic mass is 16.2. The maximum absolute atomic E-state index is 12.5. The van der Waals surface area contributed by atoms with Crippen LogP contribution in [-0.2, 0) is 16.0 Å². The molecule has 0 bridgehead atoms. The van der Waals surface area contributed by atoms with Gasteiger partial charge in [-0.25, -0.2) is 0 Å². The van der Waals surface area contributed by atoms with Crippen molar-refractivity contribution in [3.8, 4) is 0 Å². The Balaban J connectivity index is 1.53. The monoisotopic (exact) mass is 349 g/mol. The number of pyridine rings is 1. The predicted molar refractivity (Wildman–Crippen MR) is 101 cm³/mol. The van der Waals surface area contributed by atoms with E-state index in [-0.39, 0.29) is 11.8 Å². The van der Waals surface area contributed by atoms with Crippen LogP contribution in [0.4, 0.5) is 0 Å². The van der Waals surface area contributed by atoms with Crippen molar-refractivity contribution in [3.63, 3.8) is 0 Å². The minimum absolute atomic E-state index is 0.00294. The van der Waals surface area contributed by atoms with E-state index in [4.69, 9.17) is 0 Å². The normalized spacial score (nSPS) is 15.0. The molecular formula is C21H23N3O2. The van der Waals surface area contributed by atoms with Crippen molar-refractivity contribution in [2.24, 2.45) is 0 Å². The molecule has 1 saturated heterocycles. The van der Waals surface area contributed by atoms with Gasteiger partial charge < -0.3 is 9.80 Å². The molecule has 0 saturated carbocycles. The summed E-state index contributed by atoms with van der Waals surface area (Å²) in [5.74, 6) is 0.0648. The van der Waals surface area contributed by atoms with Gasteiger partial charge in [-0.3, -0.25) is 14.6 Å². The summed E-state index contributed by atoms with van der Waals surface area (Å²) in [7, 11) is 0. The van der Waals surface area contributed by atoms with E-state index in [2.05, 4.69) is 4.98 Å². The van der Waals surface area contributed by atoms with Gasteiger partial charge in [0.1, 0.15) is 0 Å². The maximum Gasteiger partial charge on any atom is 0.246 e. The van der Waals surface area contributed by atoms with E-state index in [1.165, 1.54) is 0 Å². The van der Waals surface area contributed by atoms with Crippen LogP contribution in [0.3, 0.4) is 0 Å². The average molecular weight is 349 g/mol. The predicted octanol–water partition coefficient (Wildman–Crippen LogP) is 2.40. The summed E-state index contributed by atoms with van der Waals surface area (Å²) >= 11 is 0. The van der Waals surface area contributed by atoms with Crippen LogP contribution < -0.4 is 0 Å². The first-order chi connectivity index (χ1) is 12.6. The lowest BCUT2D eigenvalue weighted by molar-refractivity contribution is -0.136. The summed E-state index contributed by atoms with van der Waals surface area (Å²) in [5.41, 5.74) is 2.77. The Bertz CT molecular complexity index is 779. The number of benzene rings is 1. The van der Waals surface area contributed by atoms with E-state index in [1.54, 1.807) is 17.2 Å². The number of carbonyl (C=O) groups is 2. The highest BCUT2D eigenvalue weighted by molar-refractivity contribution is 5.95. The lowest BCUT2D eigenvalue weighted by Crippen LogP contribution is -2.50. The lowest BCUT2D eigenvalue weighted by atomic mass is 10.1. The first-order valence-corrected chi connectivity index (χ1v) is 8.84. The van der Waals surface area contributed by atoms with Gasteiger partial charge in [-0.2, -0.15) is 0 Å². The molecule has 1 aromatic heterocycles. The Kier molecular flexibility index (Phi) is 5.79. The molecule has 134 valence electrons. The SMILES string of the molecule is CC(=CC(=O)N1CCN(C(=O)Cc2ccccn2)CC1)c1ccccc1. The van der Waals surface area contributed by atoms with E-state index in [0.29, 0.717) is 32.6 Å². The minimum Gasteiger partial charge on any atom is -0.339 e. The van der Waals surface area contributed by atoms with Crippen LogP contribution in [-0.4, -0.2) is 52.8 Å². The van der Waals surface area contributed by atoms with Gasteiger partial charge >= 0.3 is 0 Å². The number of hydrogen-bond acceptors (Lipinski definition) is 3. The molecule has 5 heteroatoms. The van der Waals surface area contributed by atoms with Crippen LogP contribution in [0, 0.1) is 0 Å². The molecule has 2 heterocycles. The molecule has 0 spiro atoms. The lowest BCUT2D eigenvalue weighted by Gasteiger charge is -2.34. The van der Waals surface area contributed by atoms with Crippen molar-refractivity contribution in [1.82, 2.24) is 14.8 Å². The smallest absolute Gasteiger partial charge is 0.246 e. The molecule has 1 aromatic carbocycles. The summed E-state index contributed by atoms with van der Waals surface area (Å²) in [6.45, 7) is 4.20. The maximum atomic E-state index is 12.5. The third kappa shape index (κ3) is 4.57. The second-order valence-electron chi connectivity index (χ2n) is 6.40. The fourth-order valence-electron chi connectivity index (χ4n) is 3.01. The van der Waals surface area contributed by atoms with Crippen molar-refractivity contribution in [2.45, 2.75) is 13.3 Å². The first kappa shape index (κ1) is 17.9. The van der Waals surface area contributed by atoms with E-state index < -0.39 is 0 Å². The number of allylic oxidation sites excluding steroid dienone is 1. The van der Waals surface area contributed by atoms with Gasteiger partial charge in [-0.1, -0.05) is 36.4 Å². The molecule has 0 atom stereocenters. The van der Waals surface area contributed by atoms with Gasteiger partial charge in [0, 0.05) is 44.1 Å². The summed E-state index contributed by atoms with van der Waals surface area (Å²) in [4.78, 5) is 32.7. The number of nitrogens with zero attached hydrogens (tertiary/aromatic N) is 3. The topological polar surface area (TPSA) is 53.5 Å². The van der Waals surface area contributed by atoms with E-state index in [9.17, 15) is 9.59 Å². The molecule has 1 fully saturated rings. The van der Waals surface area contributed by atoms with Crippen LogP contribution in [0.5, 0.6) is 0 Å². The fourth-order valence-corrected chi connectivity index (χ4v) is 3.01. The summed E-state index contributed by atoms with van der Waals surface area (Å²) in [6, 6.07) is 15.4. The van der Waals surface area contributed by atoms with Crippen LogP contribution in [0.1, 0.15) is 18.2 Å². The summed E-state index contributed by atoms with van der Waals surface area (Å²) in [5, 5.41) is 0. The van der Waals surface area contributed by atoms with Gasteiger partial charge in [0.25, 0.3) is 0 Å². The zero-order chi connectivity index (χ0) is 18.4. The molecule has 1 aliphatic heterocycles. The van der Waals surface area contributed by atoms with Gasteiger partial charge in [0.15, 0.2) is 0 Å². The van der Waals surface area contributed by atoms with Crippen molar-refractivity contribution in [2.75, 3.05) is 26.2 Å². The van der Waals surface area contributed by atoms with Crippen molar-refractivity contribution < 1.29 is 9.59 Å². The Morgan fingerprint density at radius 1 is 0.962 bits per heavy atom. The highest BCUT2D eigenvalue weighted by Crippen LogP contribution is 2.14. The Morgan fingerprint density at radius 3 is 2.27 bits per heavy atom. The molecule has 0 N–H and O–H groups in total. The number of piperazine rings is 1. The zero-order valence-corrected chi connectivity index (χ0v) is 15.0. The minimum atomic E-state index is 0.00294. The quantitative estimate of drug-likeness (QED) is 0.797. The van der Waals surface area contributed by atoms with Gasteiger partial charge in [0.05, 0.1) is 6.42 Å². The standard InChI is InChI=1S/C21H23N3O2/c1-17(18-7-3-2-4-8-18)15-20(25)23-11-13-24(14-12-23)21(26)16-19-9-5-6-10-22-19/h2-10,15H,11-14,16H2,1H3. The zero-order valence-electron chi connectivity index (χ0n) is 15.0. The molecule has 1 aliphatic rings. The third-order valence-corrected chi connectivity index (χ3v) is 4.57. The van der Waals surface area contributed by atoms with Gasteiger partial charge in [-0.15, -0.1) is 0 Å². The van der Waals surface area contributed by atoms with Crippen molar-refractivity contribution in [1.29, 1.82) is 0 Å². The molecular weight excluding hydrogens is 326 g/mol. The van der Waals surface area contributed by atoms with Gasteiger partial charge in [-0.05, 0) is 30.2 Å². The summed E-state index contributed by atoms with van der Waals surface area (Å²) < 4.78 is 0. The fraction of sp³-hybridized carbons (Fsp3) is 0.286. The second kappa shape index (κ2) is 8.43. The van der Waals surface area contributed by atoms with Crippen LogP contribution in [0.2, 0.25) is 0 Å². The number of aromatic nitrogens is 1. The summed E-state index contributed by atoms with van der Waals surface area (Å²) in [6.07, 6.45) is 3.68. The molecule has 3 rings (SSSR count). The molecule has 0 aliphatic carbocycles. The largest absolute Gasteiger partial charge is 0.339 e. The molecule has 0 unspecified atom stereocenters.